The molecule has 1 heterocycles. The van der Waals surface area contributed by atoms with Crippen LogP contribution in [0.5, 0.6) is 0 Å². The molecule has 1 saturated heterocycles. The first-order valence-electron chi connectivity index (χ1n) is 10.4. The molecule has 1 N–H and O–H groups in total. The molecule has 4 saturated carbocycles. The van der Waals surface area contributed by atoms with Crippen molar-refractivity contribution in [2.75, 3.05) is 13.2 Å². The first kappa shape index (κ1) is 16.1. The largest absolute Gasteiger partial charge is 0.393 e. The third kappa shape index (κ3) is 1.90. The highest BCUT2D eigenvalue weighted by Gasteiger charge is 2.67. The van der Waals surface area contributed by atoms with Crippen LogP contribution >= 0.6 is 0 Å². The van der Waals surface area contributed by atoms with E-state index in [1.807, 2.05) is 0 Å². The molecule has 3 heteroatoms. The van der Waals surface area contributed by atoms with Crippen LogP contribution in [0.15, 0.2) is 0 Å². The Morgan fingerprint density at radius 1 is 0.833 bits per heavy atom. The maximum atomic E-state index is 10.2. The molecule has 24 heavy (non-hydrogen) atoms. The predicted molar refractivity (Wildman–Crippen MR) is 92.4 cm³/mol. The Morgan fingerprint density at radius 2 is 1.58 bits per heavy atom. The third-order valence-corrected chi connectivity index (χ3v) is 9.44. The van der Waals surface area contributed by atoms with Crippen LogP contribution in [0.3, 0.4) is 0 Å². The zero-order valence-corrected chi connectivity index (χ0v) is 15.4. The van der Waals surface area contributed by atoms with Gasteiger partial charge < -0.3 is 14.6 Å². The molecule has 4 aliphatic carbocycles. The van der Waals surface area contributed by atoms with Crippen molar-refractivity contribution in [1.82, 2.24) is 0 Å². The Hall–Kier alpha value is -0.120. The van der Waals surface area contributed by atoms with Gasteiger partial charge >= 0.3 is 0 Å². The summed E-state index contributed by atoms with van der Waals surface area (Å²) in [7, 11) is 0. The number of aliphatic hydroxyl groups is 1. The quantitative estimate of drug-likeness (QED) is 0.724. The normalized spacial score (nSPS) is 55.9. The average Bonchev–Trinajstić information content (AvgIpc) is 3.15. The summed E-state index contributed by atoms with van der Waals surface area (Å²) in [6.07, 6.45) is 11.0. The van der Waals surface area contributed by atoms with Gasteiger partial charge in [0.05, 0.1) is 19.3 Å². The zero-order valence-electron chi connectivity index (χ0n) is 15.4. The predicted octanol–water partition coefficient (Wildman–Crippen LogP) is 4.13. The van der Waals surface area contributed by atoms with Crippen LogP contribution < -0.4 is 0 Å². The van der Waals surface area contributed by atoms with Gasteiger partial charge in [0.25, 0.3) is 0 Å². The fourth-order valence-electron chi connectivity index (χ4n) is 8.12. The van der Waals surface area contributed by atoms with Gasteiger partial charge in [0.15, 0.2) is 5.79 Å². The molecule has 0 amide bonds. The fourth-order valence-corrected chi connectivity index (χ4v) is 8.12. The van der Waals surface area contributed by atoms with Crippen LogP contribution in [0, 0.1) is 34.5 Å². The molecular formula is C21H34O3. The topological polar surface area (TPSA) is 38.7 Å². The lowest BCUT2D eigenvalue weighted by Gasteiger charge is -2.61. The number of hydrogen-bond donors (Lipinski definition) is 1. The summed E-state index contributed by atoms with van der Waals surface area (Å²) in [6.45, 7) is 6.61. The maximum absolute atomic E-state index is 10.2. The Bertz CT molecular complexity index is 513. The Balaban J connectivity index is 1.45. The van der Waals surface area contributed by atoms with E-state index in [4.69, 9.17) is 9.47 Å². The van der Waals surface area contributed by atoms with E-state index in [9.17, 15) is 5.11 Å². The van der Waals surface area contributed by atoms with E-state index in [1.165, 1.54) is 38.5 Å². The van der Waals surface area contributed by atoms with E-state index in [0.29, 0.717) is 5.41 Å². The standard InChI is InChI=1S/C21H34O3/c1-19-8-5-15(22)13-14(19)3-4-16-17(19)6-9-20(2)18(16)7-10-21(20)23-11-12-24-21/h14-18,22H,3-13H2,1-2H3/t14-,15-,16+,17-,18+,19+,20+/m0/s1. The highest BCUT2D eigenvalue weighted by Crippen LogP contribution is 2.69. The monoisotopic (exact) mass is 334 g/mol. The van der Waals surface area contributed by atoms with Gasteiger partial charge in [-0.3, -0.25) is 0 Å². The molecule has 7 atom stereocenters. The number of hydrogen-bond acceptors (Lipinski definition) is 3. The zero-order chi connectivity index (χ0) is 16.6. The van der Waals surface area contributed by atoms with Gasteiger partial charge in [0.2, 0.25) is 0 Å². The molecule has 5 aliphatic rings. The first-order chi connectivity index (χ1) is 11.5. The second-order valence-electron chi connectivity index (χ2n) is 10.0. The number of fused-ring (bicyclic) bond motifs is 6. The van der Waals surface area contributed by atoms with Crippen molar-refractivity contribution in [2.45, 2.75) is 83.5 Å². The van der Waals surface area contributed by atoms with E-state index < -0.39 is 0 Å². The van der Waals surface area contributed by atoms with Crippen molar-refractivity contribution in [3.8, 4) is 0 Å². The summed E-state index contributed by atoms with van der Waals surface area (Å²) in [4.78, 5) is 0. The van der Waals surface area contributed by atoms with Gasteiger partial charge in [-0.05, 0) is 80.5 Å². The summed E-state index contributed by atoms with van der Waals surface area (Å²) in [5.41, 5.74) is 0.693. The summed E-state index contributed by atoms with van der Waals surface area (Å²) in [5, 5.41) is 10.2. The van der Waals surface area contributed by atoms with Crippen LogP contribution in [-0.4, -0.2) is 30.2 Å². The van der Waals surface area contributed by atoms with Crippen LogP contribution in [-0.2, 0) is 9.47 Å². The molecule has 136 valence electrons. The maximum Gasteiger partial charge on any atom is 0.174 e. The molecule has 0 aromatic heterocycles. The molecule has 5 fully saturated rings. The Kier molecular flexibility index (Phi) is 3.49. The molecule has 1 aliphatic heterocycles. The smallest absolute Gasteiger partial charge is 0.174 e. The fraction of sp³-hybridized carbons (Fsp3) is 1.00. The van der Waals surface area contributed by atoms with E-state index in [-0.39, 0.29) is 17.3 Å². The molecule has 0 aromatic rings. The number of ether oxygens (including phenoxy) is 2. The molecule has 3 nitrogen and oxygen atoms in total. The summed E-state index contributed by atoms with van der Waals surface area (Å²) in [6, 6.07) is 0. The number of aliphatic hydroxyl groups excluding tert-OH is 1. The number of rotatable bonds is 0. The van der Waals surface area contributed by atoms with Gasteiger partial charge in [0, 0.05) is 11.8 Å². The van der Waals surface area contributed by atoms with Crippen LogP contribution in [0.4, 0.5) is 0 Å². The minimum atomic E-state index is -0.261. The first-order valence-corrected chi connectivity index (χ1v) is 10.4. The minimum Gasteiger partial charge on any atom is -0.393 e. The van der Waals surface area contributed by atoms with Gasteiger partial charge in [-0.25, -0.2) is 0 Å². The highest BCUT2D eigenvalue weighted by atomic mass is 16.7. The van der Waals surface area contributed by atoms with Crippen LogP contribution in [0.25, 0.3) is 0 Å². The lowest BCUT2D eigenvalue weighted by molar-refractivity contribution is -0.247. The summed E-state index contributed by atoms with van der Waals surface area (Å²) >= 11 is 0. The summed E-state index contributed by atoms with van der Waals surface area (Å²) < 4.78 is 12.5. The molecule has 0 bridgehead atoms. The van der Waals surface area contributed by atoms with E-state index >= 15 is 0 Å². The molecule has 0 aromatic carbocycles. The average molecular weight is 335 g/mol. The van der Waals surface area contributed by atoms with Crippen molar-refractivity contribution in [1.29, 1.82) is 0 Å². The third-order valence-electron chi connectivity index (χ3n) is 9.44. The lowest BCUT2D eigenvalue weighted by atomic mass is 9.45. The molecule has 5 rings (SSSR count). The van der Waals surface area contributed by atoms with Crippen molar-refractivity contribution in [2.24, 2.45) is 34.5 Å². The second kappa shape index (κ2) is 5.20. The van der Waals surface area contributed by atoms with Crippen LogP contribution in [0.2, 0.25) is 0 Å². The highest BCUT2D eigenvalue weighted by molar-refractivity contribution is 5.12. The van der Waals surface area contributed by atoms with Crippen molar-refractivity contribution < 1.29 is 14.6 Å². The van der Waals surface area contributed by atoms with Gasteiger partial charge in [0.1, 0.15) is 0 Å². The van der Waals surface area contributed by atoms with E-state index in [2.05, 4.69) is 13.8 Å². The van der Waals surface area contributed by atoms with Gasteiger partial charge in [-0.2, -0.15) is 0 Å². The molecular weight excluding hydrogens is 300 g/mol. The molecule has 0 unspecified atom stereocenters. The second-order valence-corrected chi connectivity index (χ2v) is 10.0. The van der Waals surface area contributed by atoms with Gasteiger partial charge in [-0.1, -0.05) is 13.8 Å². The van der Waals surface area contributed by atoms with E-state index in [0.717, 1.165) is 56.1 Å². The Labute approximate surface area is 146 Å². The molecule has 1 spiro atoms. The summed E-state index contributed by atoms with van der Waals surface area (Å²) in [5.74, 6) is 2.98. The van der Waals surface area contributed by atoms with Gasteiger partial charge in [-0.15, -0.1) is 0 Å². The Morgan fingerprint density at radius 3 is 2.38 bits per heavy atom. The minimum absolute atomic E-state index is 0.0384. The van der Waals surface area contributed by atoms with Crippen LogP contribution in [0.1, 0.15) is 71.6 Å². The van der Waals surface area contributed by atoms with E-state index in [1.54, 1.807) is 0 Å². The molecule has 0 radical (unpaired) electrons. The van der Waals surface area contributed by atoms with Crippen molar-refractivity contribution in [3.63, 3.8) is 0 Å². The van der Waals surface area contributed by atoms with Crippen molar-refractivity contribution in [3.05, 3.63) is 0 Å². The lowest BCUT2D eigenvalue weighted by Crippen LogP contribution is -2.57. The SMILES string of the molecule is C[C@@]12CC[C@H](O)C[C@@H]1CC[C@H]1[C@H]3CCC4(OCCO4)[C@]3(C)CC[C@@H]12. The van der Waals surface area contributed by atoms with Crippen molar-refractivity contribution >= 4 is 0 Å².